The molecule has 0 aromatic heterocycles. The quantitative estimate of drug-likeness (QED) is 0.185. The average molecular weight is 643 g/mol. The van der Waals surface area contributed by atoms with E-state index in [-0.39, 0.29) is 10.0 Å². The van der Waals surface area contributed by atoms with Crippen molar-refractivity contribution >= 4 is 43.0 Å². The number of hydrogen-bond acceptors (Lipinski definition) is 1. The molecule has 0 saturated carbocycles. The first-order chi connectivity index (χ1) is 15.5. The van der Waals surface area contributed by atoms with Crippen LogP contribution in [-0.4, -0.2) is 21.9 Å². The molecule has 0 N–H and O–H groups in total. The van der Waals surface area contributed by atoms with E-state index >= 15 is 0 Å². The Morgan fingerprint density at radius 1 is 0.824 bits per heavy atom. The van der Waals surface area contributed by atoms with Crippen LogP contribution >= 0.6 is 31.9 Å². The minimum Gasteiger partial charge on any atom is -0.611 e. The molecule has 13 heteroatoms. The second kappa shape index (κ2) is 9.04. The molecule has 0 heterocycles. The van der Waals surface area contributed by atoms with Gasteiger partial charge < -0.3 is 4.55 Å². The molecule has 1 nitrogen and oxygen atoms in total. The van der Waals surface area contributed by atoms with E-state index in [1.54, 1.807) is 0 Å². The summed E-state index contributed by atoms with van der Waals surface area (Å²) in [6.07, 6.45) is -5.88. The van der Waals surface area contributed by atoms with E-state index in [0.29, 0.717) is 6.08 Å². The molecule has 3 unspecified atom stereocenters. The zero-order valence-corrected chi connectivity index (χ0v) is 20.4. The lowest BCUT2D eigenvalue weighted by Gasteiger charge is -2.45. The van der Waals surface area contributed by atoms with Crippen molar-refractivity contribution in [3.8, 4) is 0 Å². The summed E-state index contributed by atoms with van der Waals surface area (Å²) in [5.41, 5.74) is -1.07. The number of hydrogen-bond donors (Lipinski definition) is 0. The Bertz CT molecular complexity index is 1110. The SMILES string of the molecule is [O-][S+](C1(c2ccccc2F)C=C(Br)[CH]C(Br)(c2ccccc2F)C1)C(F)(F)C(F)(F)C(F)(F)F. The van der Waals surface area contributed by atoms with Gasteiger partial charge in [0.1, 0.15) is 11.6 Å². The van der Waals surface area contributed by atoms with E-state index in [2.05, 4.69) is 31.9 Å². The highest BCUT2D eigenvalue weighted by Crippen LogP contribution is 2.61. The van der Waals surface area contributed by atoms with Crippen LogP contribution in [0.15, 0.2) is 59.1 Å². The zero-order valence-electron chi connectivity index (χ0n) is 16.5. The lowest BCUT2D eigenvalue weighted by atomic mass is 9.78. The van der Waals surface area contributed by atoms with Gasteiger partial charge in [0.15, 0.2) is 4.75 Å². The van der Waals surface area contributed by atoms with Crippen molar-refractivity contribution < 1.29 is 44.1 Å². The van der Waals surface area contributed by atoms with Gasteiger partial charge in [-0.05, 0) is 18.2 Å². The maximum Gasteiger partial charge on any atom is 0.482 e. The zero-order chi connectivity index (χ0) is 25.7. The normalized spacial score (nSPS) is 25.1. The Morgan fingerprint density at radius 3 is 1.76 bits per heavy atom. The summed E-state index contributed by atoms with van der Waals surface area (Å²) < 4.78 is 134. The first-order valence-electron chi connectivity index (χ1n) is 9.17. The molecule has 3 atom stereocenters. The van der Waals surface area contributed by atoms with Gasteiger partial charge in [0, 0.05) is 39.6 Å². The van der Waals surface area contributed by atoms with Gasteiger partial charge in [-0.15, -0.1) is 8.78 Å². The minimum absolute atomic E-state index is 0.221. The predicted octanol–water partition coefficient (Wildman–Crippen LogP) is 7.88. The van der Waals surface area contributed by atoms with Gasteiger partial charge >= 0.3 is 17.4 Å². The van der Waals surface area contributed by atoms with Crippen LogP contribution in [0.1, 0.15) is 17.5 Å². The third kappa shape index (κ3) is 4.41. The molecule has 1 radical (unpaired) electrons. The van der Waals surface area contributed by atoms with E-state index in [1.165, 1.54) is 24.6 Å². The molecule has 0 spiro atoms. The molecular formula is C21H12Br2F9OS. The summed E-state index contributed by atoms with van der Waals surface area (Å²) in [5, 5.41) is -6.20. The summed E-state index contributed by atoms with van der Waals surface area (Å²) in [4.78, 5) is 0. The van der Waals surface area contributed by atoms with Crippen LogP contribution < -0.4 is 0 Å². The third-order valence-corrected chi connectivity index (χ3v) is 8.45. The maximum atomic E-state index is 14.8. The van der Waals surface area contributed by atoms with Crippen molar-refractivity contribution in [2.75, 3.05) is 0 Å². The fraction of sp³-hybridized carbons (Fsp3) is 0.286. The molecule has 3 rings (SSSR count). The van der Waals surface area contributed by atoms with Gasteiger partial charge in [0.25, 0.3) is 0 Å². The van der Waals surface area contributed by atoms with Gasteiger partial charge in [-0.25, -0.2) is 8.78 Å². The molecule has 0 aliphatic heterocycles. The van der Waals surface area contributed by atoms with Gasteiger partial charge in [0.2, 0.25) is 0 Å². The van der Waals surface area contributed by atoms with E-state index in [9.17, 15) is 44.1 Å². The molecule has 34 heavy (non-hydrogen) atoms. The van der Waals surface area contributed by atoms with Gasteiger partial charge in [-0.2, -0.15) is 22.0 Å². The number of benzene rings is 2. The van der Waals surface area contributed by atoms with Crippen LogP contribution in [0.3, 0.4) is 0 Å². The van der Waals surface area contributed by atoms with Crippen molar-refractivity contribution in [3.05, 3.63) is 88.3 Å². The van der Waals surface area contributed by atoms with Crippen LogP contribution in [0.2, 0.25) is 0 Å². The smallest absolute Gasteiger partial charge is 0.482 e. The van der Waals surface area contributed by atoms with Crippen molar-refractivity contribution in [1.29, 1.82) is 0 Å². The highest BCUT2D eigenvalue weighted by Gasteiger charge is 2.82. The summed E-state index contributed by atoms with van der Waals surface area (Å²) >= 11 is 1.67. The Morgan fingerprint density at radius 2 is 1.29 bits per heavy atom. The number of allylic oxidation sites excluding steroid dienone is 1. The summed E-state index contributed by atoms with van der Waals surface area (Å²) in [6, 6.07) is 8.65. The molecule has 0 bridgehead atoms. The highest BCUT2D eigenvalue weighted by atomic mass is 79.9. The standard InChI is InChI=1S/C21H12Br2F9OS/c22-12-9-17(23,13-5-1-3-7-15(13)24)11-18(10-12,14-6-2-4-8-16(14)25)34(33)21(31,32)19(26,27)20(28,29)30/h1-10H,11H2. The summed E-state index contributed by atoms with van der Waals surface area (Å²) in [5.74, 6) is -8.90. The second-order valence-corrected chi connectivity index (χ2v) is 11.5. The second-order valence-electron chi connectivity index (χ2n) is 7.42. The van der Waals surface area contributed by atoms with Gasteiger partial charge in [-0.3, -0.25) is 0 Å². The summed E-state index contributed by atoms with van der Waals surface area (Å²) in [7, 11) is 0. The summed E-state index contributed by atoms with van der Waals surface area (Å²) in [6.45, 7) is 0. The van der Waals surface area contributed by atoms with Crippen molar-refractivity contribution in [2.24, 2.45) is 0 Å². The van der Waals surface area contributed by atoms with E-state index in [1.807, 2.05) is 0 Å². The molecule has 1 aliphatic rings. The van der Waals surface area contributed by atoms with Crippen LogP contribution in [0.25, 0.3) is 0 Å². The number of alkyl halides is 8. The van der Waals surface area contributed by atoms with Crippen LogP contribution in [0.4, 0.5) is 39.5 Å². The van der Waals surface area contributed by atoms with E-state index < -0.39 is 61.2 Å². The highest BCUT2D eigenvalue weighted by molar-refractivity contribution is 9.12. The molecule has 2 aromatic carbocycles. The predicted molar refractivity (Wildman–Crippen MR) is 115 cm³/mol. The average Bonchev–Trinajstić information content (AvgIpc) is 2.72. The lowest BCUT2D eigenvalue weighted by molar-refractivity contribution is -0.332. The topological polar surface area (TPSA) is 23.1 Å². The monoisotopic (exact) mass is 641 g/mol. The molecule has 2 aromatic rings. The van der Waals surface area contributed by atoms with Crippen molar-refractivity contribution in [2.45, 2.75) is 32.8 Å². The fourth-order valence-corrected chi connectivity index (χ4v) is 7.85. The van der Waals surface area contributed by atoms with Crippen LogP contribution in [0, 0.1) is 18.1 Å². The van der Waals surface area contributed by atoms with Crippen LogP contribution in [-0.2, 0) is 20.2 Å². The Balaban J connectivity index is 2.32. The molecule has 0 saturated heterocycles. The fourth-order valence-electron chi connectivity index (χ4n) is 3.64. The molecule has 185 valence electrons. The maximum absolute atomic E-state index is 14.8. The van der Waals surface area contributed by atoms with Crippen molar-refractivity contribution in [3.63, 3.8) is 0 Å². The van der Waals surface area contributed by atoms with E-state index in [0.717, 1.165) is 30.3 Å². The molecule has 0 fully saturated rings. The lowest BCUT2D eigenvalue weighted by Crippen LogP contribution is -2.61. The largest absolute Gasteiger partial charge is 0.611 e. The van der Waals surface area contributed by atoms with Crippen LogP contribution in [0.5, 0.6) is 0 Å². The Labute approximate surface area is 207 Å². The Hall–Kier alpha value is -1.18. The van der Waals surface area contributed by atoms with Gasteiger partial charge in [-0.1, -0.05) is 68.3 Å². The first-order valence-corrected chi connectivity index (χ1v) is 11.9. The number of halogens is 11. The van der Waals surface area contributed by atoms with Crippen molar-refractivity contribution in [1.82, 2.24) is 0 Å². The van der Waals surface area contributed by atoms with E-state index in [4.69, 9.17) is 0 Å². The van der Waals surface area contributed by atoms with Gasteiger partial charge in [0.05, 0.1) is 4.32 Å². The number of rotatable bonds is 5. The molecular weight excluding hydrogens is 631 g/mol. The molecule has 1 aliphatic carbocycles. The minimum atomic E-state index is -6.76. The Kier molecular flexibility index (Phi) is 7.29. The molecule has 0 amide bonds. The third-order valence-electron chi connectivity index (χ3n) is 5.19. The first kappa shape index (κ1) is 27.4.